The summed E-state index contributed by atoms with van der Waals surface area (Å²) in [6.45, 7) is 3.33. The predicted octanol–water partition coefficient (Wildman–Crippen LogP) is 6.76. The van der Waals surface area contributed by atoms with Crippen molar-refractivity contribution in [3.8, 4) is 45.6 Å². The standard InChI is InChI=1S/C40H38O11/c1-43-31-11-13-33-35(41)25-37(50-39(33)23-31)27-3-7-29(8-4-27)48-21-19-46-17-15-45-16-18-47-20-22-49-30-9-5-28(6-10-30)38-26-36(42)34-14-12-32(44-2)24-40(34)51-38/h3-14,23-26H,15-22H2,1-2H3. The molecule has 0 amide bonds. The first-order chi connectivity index (χ1) is 25.0. The highest BCUT2D eigenvalue weighted by Crippen LogP contribution is 2.28. The van der Waals surface area contributed by atoms with Crippen molar-refractivity contribution in [1.82, 2.24) is 0 Å². The molecule has 0 saturated carbocycles. The monoisotopic (exact) mass is 694 g/mol. The fraction of sp³-hybridized carbons (Fsp3) is 0.250. The van der Waals surface area contributed by atoms with Crippen LogP contribution >= 0.6 is 0 Å². The Morgan fingerprint density at radius 1 is 0.431 bits per heavy atom. The summed E-state index contributed by atoms with van der Waals surface area (Å²) in [5, 5.41) is 1.000. The second-order valence-corrected chi connectivity index (χ2v) is 11.3. The zero-order valence-corrected chi connectivity index (χ0v) is 28.4. The van der Waals surface area contributed by atoms with Crippen molar-refractivity contribution >= 4 is 21.9 Å². The van der Waals surface area contributed by atoms with E-state index in [1.54, 1.807) is 50.6 Å². The lowest BCUT2D eigenvalue weighted by Crippen LogP contribution is -2.14. The highest BCUT2D eigenvalue weighted by atomic mass is 16.6. The maximum absolute atomic E-state index is 12.5. The van der Waals surface area contributed by atoms with E-state index in [4.69, 9.17) is 42.0 Å². The average molecular weight is 695 g/mol. The van der Waals surface area contributed by atoms with Crippen LogP contribution in [0.4, 0.5) is 0 Å². The van der Waals surface area contributed by atoms with Gasteiger partial charge >= 0.3 is 0 Å². The molecule has 51 heavy (non-hydrogen) atoms. The summed E-state index contributed by atoms with van der Waals surface area (Å²) >= 11 is 0. The van der Waals surface area contributed by atoms with E-state index < -0.39 is 0 Å². The number of hydrogen-bond acceptors (Lipinski definition) is 11. The van der Waals surface area contributed by atoms with Crippen LogP contribution < -0.4 is 29.8 Å². The van der Waals surface area contributed by atoms with Gasteiger partial charge in [0.15, 0.2) is 10.9 Å². The molecule has 0 bridgehead atoms. The van der Waals surface area contributed by atoms with Gasteiger partial charge in [-0.05, 0) is 72.8 Å². The Morgan fingerprint density at radius 2 is 0.784 bits per heavy atom. The molecule has 11 nitrogen and oxygen atoms in total. The first kappa shape index (κ1) is 35.2. The maximum atomic E-state index is 12.5. The Bertz CT molecular complexity index is 2000. The molecule has 6 rings (SSSR count). The molecule has 0 spiro atoms. The zero-order chi connectivity index (χ0) is 35.4. The van der Waals surface area contributed by atoms with Crippen molar-refractivity contribution in [2.45, 2.75) is 0 Å². The van der Waals surface area contributed by atoms with Crippen LogP contribution in [-0.4, -0.2) is 67.1 Å². The first-order valence-electron chi connectivity index (χ1n) is 16.4. The van der Waals surface area contributed by atoms with E-state index in [-0.39, 0.29) is 10.9 Å². The molecule has 264 valence electrons. The number of hydrogen-bond donors (Lipinski definition) is 0. The van der Waals surface area contributed by atoms with E-state index in [0.717, 1.165) is 11.1 Å². The minimum absolute atomic E-state index is 0.118. The number of benzene rings is 4. The van der Waals surface area contributed by atoms with Gasteiger partial charge in [0.2, 0.25) is 0 Å². The number of methoxy groups -OCH3 is 2. The van der Waals surface area contributed by atoms with E-state index in [0.29, 0.717) is 109 Å². The molecule has 0 fully saturated rings. The number of rotatable bonds is 18. The maximum Gasteiger partial charge on any atom is 0.193 e. The zero-order valence-electron chi connectivity index (χ0n) is 28.4. The lowest BCUT2D eigenvalue weighted by atomic mass is 10.1. The Morgan fingerprint density at radius 3 is 1.16 bits per heavy atom. The van der Waals surface area contributed by atoms with E-state index >= 15 is 0 Å². The summed E-state index contributed by atoms with van der Waals surface area (Å²) in [5.74, 6) is 3.53. The quantitative estimate of drug-likeness (QED) is 0.0887. The molecule has 2 heterocycles. The molecular weight excluding hydrogens is 656 g/mol. The minimum atomic E-state index is -0.118. The molecular formula is C40H38O11. The van der Waals surface area contributed by atoms with Crippen molar-refractivity contribution in [2.75, 3.05) is 67.1 Å². The minimum Gasteiger partial charge on any atom is -0.497 e. The van der Waals surface area contributed by atoms with E-state index in [9.17, 15) is 9.59 Å². The smallest absolute Gasteiger partial charge is 0.193 e. The van der Waals surface area contributed by atoms with Gasteiger partial charge in [-0.25, -0.2) is 0 Å². The molecule has 0 aliphatic carbocycles. The second-order valence-electron chi connectivity index (χ2n) is 11.3. The Kier molecular flexibility index (Phi) is 12.0. The third kappa shape index (κ3) is 9.34. The molecule has 4 aromatic carbocycles. The van der Waals surface area contributed by atoms with Crippen LogP contribution in [0.25, 0.3) is 44.6 Å². The van der Waals surface area contributed by atoms with Gasteiger partial charge in [0.05, 0.1) is 64.6 Å². The molecule has 0 radical (unpaired) electrons. The fourth-order valence-electron chi connectivity index (χ4n) is 5.22. The lowest BCUT2D eigenvalue weighted by Gasteiger charge is -2.10. The SMILES string of the molecule is COc1ccc2c(=O)cc(-c3ccc(OCCOCCOCCOCCOc4ccc(-c5cc(=O)c6ccc(OC)cc6o5)cc4)cc3)oc2c1. The largest absolute Gasteiger partial charge is 0.497 e. The molecule has 2 aromatic heterocycles. The van der Waals surface area contributed by atoms with Crippen LogP contribution in [0.2, 0.25) is 0 Å². The Hall–Kier alpha value is -5.62. The first-order valence-corrected chi connectivity index (χ1v) is 16.4. The number of ether oxygens (including phenoxy) is 7. The fourth-order valence-corrected chi connectivity index (χ4v) is 5.22. The van der Waals surface area contributed by atoms with E-state index in [1.807, 2.05) is 48.5 Å². The van der Waals surface area contributed by atoms with Crippen molar-refractivity contribution in [2.24, 2.45) is 0 Å². The normalized spacial score (nSPS) is 11.2. The molecule has 0 N–H and O–H groups in total. The van der Waals surface area contributed by atoms with Crippen molar-refractivity contribution < 1.29 is 42.0 Å². The molecule has 0 aliphatic heterocycles. The van der Waals surface area contributed by atoms with Gasteiger partial charge in [0.25, 0.3) is 0 Å². The van der Waals surface area contributed by atoms with E-state index in [2.05, 4.69) is 0 Å². The van der Waals surface area contributed by atoms with Crippen LogP contribution in [0.1, 0.15) is 0 Å². The van der Waals surface area contributed by atoms with Crippen molar-refractivity contribution in [1.29, 1.82) is 0 Å². The molecule has 6 aromatic rings. The summed E-state index contributed by atoms with van der Waals surface area (Å²) < 4.78 is 50.7. The summed E-state index contributed by atoms with van der Waals surface area (Å²) in [7, 11) is 3.13. The summed E-state index contributed by atoms with van der Waals surface area (Å²) in [4.78, 5) is 25.1. The van der Waals surface area contributed by atoms with Gasteiger partial charge < -0.3 is 42.0 Å². The molecule has 11 heteroatoms. The predicted molar refractivity (Wildman–Crippen MR) is 192 cm³/mol. The summed E-state index contributed by atoms with van der Waals surface area (Å²) in [5.41, 5.74) is 2.22. The van der Waals surface area contributed by atoms with Crippen LogP contribution in [0, 0.1) is 0 Å². The van der Waals surface area contributed by atoms with Crippen LogP contribution in [0.3, 0.4) is 0 Å². The van der Waals surface area contributed by atoms with Crippen LogP contribution in [0.15, 0.2) is 115 Å². The van der Waals surface area contributed by atoms with Crippen LogP contribution in [0.5, 0.6) is 23.0 Å². The second kappa shape index (κ2) is 17.3. The van der Waals surface area contributed by atoms with Crippen LogP contribution in [-0.2, 0) is 14.2 Å². The molecule has 0 aliphatic rings. The Balaban J connectivity index is 0.808. The summed E-state index contributed by atoms with van der Waals surface area (Å²) in [6.07, 6.45) is 0. The van der Waals surface area contributed by atoms with E-state index in [1.165, 1.54) is 12.1 Å². The van der Waals surface area contributed by atoms with Crippen molar-refractivity contribution in [3.05, 3.63) is 118 Å². The highest BCUT2D eigenvalue weighted by Gasteiger charge is 2.10. The third-order valence-electron chi connectivity index (χ3n) is 7.89. The van der Waals surface area contributed by atoms with Gasteiger partial charge in [-0.2, -0.15) is 0 Å². The van der Waals surface area contributed by atoms with Gasteiger partial charge in [-0.3, -0.25) is 9.59 Å². The third-order valence-corrected chi connectivity index (χ3v) is 7.89. The summed E-state index contributed by atoms with van der Waals surface area (Å²) in [6, 6.07) is 27.9. The van der Waals surface area contributed by atoms with Gasteiger partial charge in [0.1, 0.15) is 58.9 Å². The van der Waals surface area contributed by atoms with Gasteiger partial charge in [-0.1, -0.05) is 0 Å². The molecule has 0 atom stereocenters. The van der Waals surface area contributed by atoms with Gasteiger partial charge in [0, 0.05) is 35.4 Å². The average Bonchev–Trinajstić information content (AvgIpc) is 3.16. The topological polar surface area (TPSA) is 125 Å². The van der Waals surface area contributed by atoms with Crippen molar-refractivity contribution in [3.63, 3.8) is 0 Å². The Labute approximate surface area is 293 Å². The lowest BCUT2D eigenvalue weighted by molar-refractivity contribution is 0.00499. The van der Waals surface area contributed by atoms with Gasteiger partial charge in [-0.15, -0.1) is 0 Å². The molecule has 0 unspecified atom stereocenters. The highest BCUT2D eigenvalue weighted by molar-refractivity contribution is 5.81. The molecule has 0 saturated heterocycles. The number of fused-ring (bicyclic) bond motifs is 2.